The van der Waals surface area contributed by atoms with Gasteiger partial charge in [0.05, 0.1) is 18.8 Å². The molecule has 0 saturated carbocycles. The third-order valence-electron chi connectivity index (χ3n) is 10.4. The number of nitrogens with one attached hydrogen (secondary N) is 1. The van der Waals surface area contributed by atoms with E-state index in [-0.39, 0.29) is 17.4 Å². The number of piperidine rings is 1. The van der Waals surface area contributed by atoms with Gasteiger partial charge in [-0.05, 0) is 42.5 Å². The number of hydrogen-bond donors (Lipinski definition) is 2. The lowest BCUT2D eigenvalue weighted by Gasteiger charge is -2.56. The zero-order valence-corrected chi connectivity index (χ0v) is 25.3. The number of aliphatic imine (C=N–C) groups is 1. The summed E-state index contributed by atoms with van der Waals surface area (Å²) in [6.45, 7) is 9.38. The van der Waals surface area contributed by atoms with Crippen molar-refractivity contribution in [2.24, 2.45) is 16.1 Å². The molecule has 8 rings (SSSR count). The maximum absolute atomic E-state index is 12.3. The Morgan fingerprint density at radius 1 is 1.20 bits per heavy atom. The lowest BCUT2D eigenvalue weighted by molar-refractivity contribution is -0.134. The maximum Gasteiger partial charge on any atom is 0.263 e. The molecule has 3 aromatic rings. The van der Waals surface area contributed by atoms with Crippen LogP contribution < -0.4 is 10.6 Å². The largest absolute Gasteiger partial charge is 0.374 e. The van der Waals surface area contributed by atoms with Gasteiger partial charge in [-0.3, -0.25) is 14.6 Å². The SMILES string of the molecule is C=CC(=O)N1CCCC2(CN(CC3(c4ccc(-c5cc6cnc(N7C[C@@H]8C[C@H]7CO8)nc6[nH]5)cc4)C=CN=C(C(N)=O)C3)C2)C1. The number of aromatic amines is 1. The van der Waals surface area contributed by atoms with Crippen molar-refractivity contribution < 1.29 is 14.3 Å². The number of rotatable bonds is 7. The summed E-state index contributed by atoms with van der Waals surface area (Å²) in [5.74, 6) is 0.276. The highest BCUT2D eigenvalue weighted by Gasteiger charge is 2.49. The first-order valence-corrected chi connectivity index (χ1v) is 15.8. The Morgan fingerprint density at radius 3 is 2.78 bits per heavy atom. The van der Waals surface area contributed by atoms with Crippen molar-refractivity contribution in [3.05, 3.63) is 67.0 Å². The van der Waals surface area contributed by atoms with E-state index in [1.807, 2.05) is 11.1 Å². The molecule has 1 unspecified atom stereocenters. The number of H-pyrrole nitrogens is 1. The third kappa shape index (κ3) is 4.94. The zero-order valence-electron chi connectivity index (χ0n) is 25.3. The summed E-state index contributed by atoms with van der Waals surface area (Å²) in [5.41, 5.74) is 9.73. The standard InChI is InChI=1S/C34H38N8O3/c1-2-29(43)41-11-3-8-33(20-41)18-40(19-33)21-34(9-10-36-28(14-34)30(35)44)24-6-4-22(5-7-24)27-12-23-15-37-32(39-31(23)38-27)42-16-26-13-25(42)17-45-26/h2,4-7,9-10,12,15,25-26H,1,3,8,11,13-14,16-21H2,(H2,35,44)(H,37,38,39)/t25-,26-,34?/m0/s1. The molecule has 0 radical (unpaired) electrons. The van der Waals surface area contributed by atoms with Gasteiger partial charge in [0.15, 0.2) is 0 Å². The fourth-order valence-corrected chi connectivity index (χ4v) is 8.25. The number of carbonyl (C=O) groups is 2. The number of carbonyl (C=O) groups excluding carboxylic acids is 2. The van der Waals surface area contributed by atoms with Gasteiger partial charge in [0, 0.05) is 80.0 Å². The van der Waals surface area contributed by atoms with Crippen molar-refractivity contribution in [1.82, 2.24) is 24.8 Å². The summed E-state index contributed by atoms with van der Waals surface area (Å²) in [6, 6.07) is 11.0. The van der Waals surface area contributed by atoms with Gasteiger partial charge in [0.1, 0.15) is 11.4 Å². The minimum Gasteiger partial charge on any atom is -0.374 e. The molecule has 11 nitrogen and oxygen atoms in total. The molecule has 2 amide bonds. The van der Waals surface area contributed by atoms with Crippen LogP contribution in [-0.2, 0) is 19.7 Å². The van der Waals surface area contributed by atoms with Crippen molar-refractivity contribution in [3.8, 4) is 11.3 Å². The summed E-state index contributed by atoms with van der Waals surface area (Å²) in [7, 11) is 0. The van der Waals surface area contributed by atoms with Crippen molar-refractivity contribution in [1.29, 1.82) is 0 Å². The van der Waals surface area contributed by atoms with Crippen molar-refractivity contribution >= 4 is 34.5 Å². The second-order valence-electron chi connectivity index (χ2n) is 13.5. The smallest absolute Gasteiger partial charge is 0.263 e. The first kappa shape index (κ1) is 28.1. The van der Waals surface area contributed by atoms with Crippen LogP contribution in [0.3, 0.4) is 0 Å². The molecule has 1 spiro atoms. The maximum atomic E-state index is 12.3. The van der Waals surface area contributed by atoms with Crippen molar-refractivity contribution in [3.63, 3.8) is 0 Å². The highest BCUT2D eigenvalue weighted by Crippen LogP contribution is 2.43. The fraction of sp³-hybridized carbons (Fsp3) is 0.441. The molecular weight excluding hydrogens is 568 g/mol. The molecule has 4 fully saturated rings. The lowest BCUT2D eigenvalue weighted by atomic mass is 9.69. The van der Waals surface area contributed by atoms with Gasteiger partial charge in [-0.2, -0.15) is 4.98 Å². The van der Waals surface area contributed by atoms with Crippen LogP contribution in [0, 0.1) is 5.41 Å². The van der Waals surface area contributed by atoms with E-state index in [1.165, 1.54) is 6.08 Å². The normalized spacial score (nSPS) is 27.2. The minimum absolute atomic E-state index is 0.0116. The van der Waals surface area contributed by atoms with Crippen LogP contribution in [0.15, 0.2) is 66.5 Å². The van der Waals surface area contributed by atoms with Gasteiger partial charge in [0.25, 0.3) is 5.91 Å². The molecule has 232 valence electrons. The van der Waals surface area contributed by atoms with Gasteiger partial charge < -0.3 is 30.2 Å². The Balaban J connectivity index is 1.03. The molecule has 1 aromatic carbocycles. The summed E-state index contributed by atoms with van der Waals surface area (Å²) >= 11 is 0. The van der Waals surface area contributed by atoms with Crippen LogP contribution in [0.4, 0.5) is 5.95 Å². The topological polar surface area (TPSA) is 133 Å². The number of amides is 2. The van der Waals surface area contributed by atoms with Crippen LogP contribution in [0.2, 0.25) is 0 Å². The number of likely N-dealkylation sites (tertiary alicyclic amines) is 2. The van der Waals surface area contributed by atoms with E-state index in [0.29, 0.717) is 18.2 Å². The van der Waals surface area contributed by atoms with Crippen LogP contribution in [0.1, 0.15) is 31.2 Å². The van der Waals surface area contributed by atoms with E-state index >= 15 is 0 Å². The second kappa shape index (κ2) is 10.6. The number of primary amides is 1. The Hall–Kier alpha value is -4.35. The molecule has 4 saturated heterocycles. The van der Waals surface area contributed by atoms with E-state index < -0.39 is 11.3 Å². The second-order valence-corrected chi connectivity index (χ2v) is 13.5. The Kier molecular flexibility index (Phi) is 6.65. The number of nitrogens with zero attached hydrogens (tertiary/aromatic N) is 6. The number of hydrogen-bond acceptors (Lipinski definition) is 8. The van der Waals surface area contributed by atoms with Crippen molar-refractivity contribution in [2.45, 2.75) is 43.2 Å². The summed E-state index contributed by atoms with van der Waals surface area (Å²) in [4.78, 5) is 48.6. The molecule has 5 aliphatic heterocycles. The van der Waals surface area contributed by atoms with Gasteiger partial charge in [-0.25, -0.2) is 4.98 Å². The fourth-order valence-electron chi connectivity index (χ4n) is 8.25. The first-order valence-electron chi connectivity index (χ1n) is 15.8. The van der Waals surface area contributed by atoms with Crippen LogP contribution in [0.25, 0.3) is 22.3 Å². The molecule has 0 aliphatic carbocycles. The van der Waals surface area contributed by atoms with Gasteiger partial charge >= 0.3 is 0 Å². The highest BCUT2D eigenvalue weighted by atomic mass is 16.5. The summed E-state index contributed by atoms with van der Waals surface area (Å²) in [5, 5.41) is 0.968. The van der Waals surface area contributed by atoms with Crippen LogP contribution >= 0.6 is 0 Å². The van der Waals surface area contributed by atoms with Gasteiger partial charge in [-0.1, -0.05) is 36.9 Å². The molecule has 7 heterocycles. The Morgan fingerprint density at radius 2 is 2.04 bits per heavy atom. The van der Waals surface area contributed by atoms with E-state index in [0.717, 1.165) is 98.9 Å². The summed E-state index contributed by atoms with van der Waals surface area (Å²) in [6.07, 6.45) is 11.0. The predicted molar refractivity (Wildman–Crippen MR) is 172 cm³/mol. The lowest BCUT2D eigenvalue weighted by Crippen LogP contribution is -2.65. The highest BCUT2D eigenvalue weighted by molar-refractivity contribution is 6.39. The first-order chi connectivity index (χ1) is 21.8. The zero-order chi connectivity index (χ0) is 30.8. The van der Waals surface area contributed by atoms with Crippen LogP contribution in [-0.4, -0.2) is 100 Å². The number of aromatic nitrogens is 3. The molecule has 2 bridgehead atoms. The molecule has 3 atom stereocenters. The number of morpholine rings is 1. The Labute approximate surface area is 261 Å². The number of ether oxygens (including phenoxy) is 1. The monoisotopic (exact) mass is 606 g/mol. The van der Waals surface area contributed by atoms with Crippen LogP contribution in [0.5, 0.6) is 0 Å². The quantitative estimate of drug-likeness (QED) is 0.395. The van der Waals surface area contributed by atoms with Gasteiger partial charge in [-0.15, -0.1) is 0 Å². The summed E-state index contributed by atoms with van der Waals surface area (Å²) < 4.78 is 5.75. The van der Waals surface area contributed by atoms with E-state index in [1.54, 1.807) is 6.20 Å². The number of anilines is 1. The predicted octanol–water partition coefficient (Wildman–Crippen LogP) is 2.79. The average molecular weight is 607 g/mol. The van der Waals surface area contributed by atoms with Crippen molar-refractivity contribution in [2.75, 3.05) is 50.8 Å². The van der Waals surface area contributed by atoms with E-state index in [2.05, 4.69) is 67.7 Å². The number of fused-ring (bicyclic) bond motifs is 3. The van der Waals surface area contributed by atoms with Gasteiger partial charge in [0.2, 0.25) is 11.9 Å². The number of nitrogens with two attached hydrogens (primary N) is 1. The third-order valence-corrected chi connectivity index (χ3v) is 10.4. The van der Waals surface area contributed by atoms with E-state index in [4.69, 9.17) is 15.5 Å². The molecule has 11 heteroatoms. The molecule has 3 N–H and O–H groups in total. The molecule has 5 aliphatic rings. The molecule has 45 heavy (non-hydrogen) atoms. The molecule has 2 aromatic heterocycles. The van der Waals surface area contributed by atoms with E-state index in [9.17, 15) is 9.59 Å². The minimum atomic E-state index is -0.487. The molecular formula is C34H38N8O3. The Bertz CT molecular complexity index is 1740. The average Bonchev–Trinajstić information content (AvgIpc) is 3.80. The number of benzene rings is 1.